The summed E-state index contributed by atoms with van der Waals surface area (Å²) in [5.74, 6) is -0.451. The Morgan fingerprint density at radius 2 is 2.17 bits per heavy atom. The number of rotatable bonds is 4. The zero-order valence-corrected chi connectivity index (χ0v) is 10.9. The van der Waals surface area contributed by atoms with E-state index in [9.17, 15) is 22.7 Å². The Hall–Kier alpha value is -1.67. The predicted molar refractivity (Wildman–Crippen MR) is 59.4 cm³/mol. The van der Waals surface area contributed by atoms with Crippen LogP contribution >= 0.6 is 0 Å². The van der Waals surface area contributed by atoms with E-state index in [1.54, 1.807) is 0 Å². The first-order valence-electron chi connectivity index (χ1n) is 4.50. The SMILES string of the molecule is CC(=O)Nc1ccc([As](=O)(O)OO)c([N+](=O)[O-])c1. The van der Waals surface area contributed by atoms with E-state index in [-0.39, 0.29) is 5.69 Å². The second-order valence-electron chi connectivity index (χ2n) is 3.24. The molecule has 1 atom stereocenters. The van der Waals surface area contributed by atoms with E-state index in [2.05, 4.69) is 9.19 Å². The topological polar surface area (TPSA) is 139 Å². The standard InChI is InChI=1S/C8H9AsN2O7/c1-5(12)10-6-2-3-7(9(13,14)18-17)8(4-6)11(15)16/h2-4,17H,1H3,(H,10,12)(H,13,14). The molecule has 0 spiro atoms. The van der Waals surface area contributed by atoms with E-state index >= 15 is 0 Å². The van der Waals surface area contributed by atoms with Crippen molar-refractivity contribution in [3.8, 4) is 0 Å². The van der Waals surface area contributed by atoms with Gasteiger partial charge >= 0.3 is 103 Å². The number of nitro groups is 1. The number of hydrogen-bond acceptors (Lipinski definition) is 6. The van der Waals surface area contributed by atoms with Crippen LogP contribution in [0.2, 0.25) is 0 Å². The molecular formula is C8H9AsN2O7. The van der Waals surface area contributed by atoms with Gasteiger partial charge in [-0.25, -0.2) is 0 Å². The maximum atomic E-state index is 11.4. The molecule has 1 aromatic rings. The van der Waals surface area contributed by atoms with Gasteiger partial charge in [0.15, 0.2) is 0 Å². The van der Waals surface area contributed by atoms with Gasteiger partial charge in [-0.3, -0.25) is 0 Å². The van der Waals surface area contributed by atoms with Crippen LogP contribution in [0.1, 0.15) is 6.92 Å². The normalized spacial score (nSPS) is 13.7. The average Bonchev–Trinajstić information content (AvgIpc) is 2.27. The van der Waals surface area contributed by atoms with Crippen LogP contribution < -0.4 is 9.67 Å². The van der Waals surface area contributed by atoms with E-state index in [1.807, 2.05) is 0 Å². The molecule has 0 fully saturated rings. The second-order valence-corrected chi connectivity index (χ2v) is 6.78. The monoisotopic (exact) mass is 320 g/mol. The van der Waals surface area contributed by atoms with Crippen molar-refractivity contribution in [2.45, 2.75) is 6.92 Å². The zero-order valence-electron chi connectivity index (χ0n) is 9.06. The number of nitrogens with zero attached hydrogens (tertiary/aromatic N) is 1. The van der Waals surface area contributed by atoms with Crippen molar-refractivity contribution in [3.05, 3.63) is 28.3 Å². The van der Waals surface area contributed by atoms with Crippen molar-refractivity contribution in [1.29, 1.82) is 0 Å². The van der Waals surface area contributed by atoms with Crippen molar-refractivity contribution in [3.63, 3.8) is 0 Å². The molecule has 18 heavy (non-hydrogen) atoms. The number of nitro benzene ring substituents is 1. The summed E-state index contributed by atoms with van der Waals surface area (Å²) < 4.78 is 23.4. The van der Waals surface area contributed by atoms with Crippen LogP contribution in [0.15, 0.2) is 18.2 Å². The molecule has 0 heterocycles. The van der Waals surface area contributed by atoms with Gasteiger partial charge in [0, 0.05) is 0 Å². The number of carbonyl (C=O) groups excluding carboxylic acids is 1. The summed E-state index contributed by atoms with van der Waals surface area (Å²) in [6.07, 6.45) is 0. The van der Waals surface area contributed by atoms with Gasteiger partial charge < -0.3 is 0 Å². The van der Waals surface area contributed by atoms with Crippen LogP contribution in [-0.4, -0.2) is 34.4 Å². The van der Waals surface area contributed by atoms with Crippen LogP contribution in [0.5, 0.6) is 0 Å². The van der Waals surface area contributed by atoms with Gasteiger partial charge in [0.25, 0.3) is 0 Å². The fourth-order valence-corrected chi connectivity index (χ4v) is 2.88. The number of amides is 1. The van der Waals surface area contributed by atoms with Gasteiger partial charge in [0.05, 0.1) is 0 Å². The molecular weight excluding hydrogens is 311 g/mol. The van der Waals surface area contributed by atoms with Crippen molar-refractivity contribution in [2.75, 3.05) is 5.32 Å². The average molecular weight is 320 g/mol. The summed E-state index contributed by atoms with van der Waals surface area (Å²) in [4.78, 5) is 20.6. The molecule has 0 aromatic heterocycles. The fourth-order valence-electron chi connectivity index (χ4n) is 1.23. The number of carbonyl (C=O) groups is 1. The molecule has 1 rings (SSSR count). The van der Waals surface area contributed by atoms with E-state index in [0.29, 0.717) is 0 Å². The van der Waals surface area contributed by atoms with E-state index in [4.69, 9.17) is 5.26 Å². The van der Waals surface area contributed by atoms with E-state index < -0.39 is 35.0 Å². The number of benzene rings is 1. The first-order chi connectivity index (χ1) is 8.27. The summed E-state index contributed by atoms with van der Waals surface area (Å²) in [7, 11) is 0. The van der Waals surface area contributed by atoms with Gasteiger partial charge in [-0.15, -0.1) is 0 Å². The molecule has 1 unspecified atom stereocenters. The molecule has 1 aromatic carbocycles. The number of nitrogens with one attached hydrogen (secondary N) is 1. The molecule has 0 bridgehead atoms. The molecule has 0 aliphatic carbocycles. The van der Waals surface area contributed by atoms with Gasteiger partial charge in [-0.1, -0.05) is 0 Å². The Kier molecular flexibility index (Phi) is 4.25. The van der Waals surface area contributed by atoms with Crippen molar-refractivity contribution in [2.24, 2.45) is 0 Å². The van der Waals surface area contributed by atoms with E-state index in [0.717, 1.165) is 12.1 Å². The number of hydrogen-bond donors (Lipinski definition) is 3. The summed E-state index contributed by atoms with van der Waals surface area (Å²) in [5, 5.41) is 21.3. The molecule has 10 heteroatoms. The van der Waals surface area contributed by atoms with Gasteiger partial charge in [0.2, 0.25) is 0 Å². The Balaban J connectivity index is 3.34. The van der Waals surface area contributed by atoms with Crippen LogP contribution in [0.4, 0.5) is 11.4 Å². The first kappa shape index (κ1) is 14.4. The summed E-state index contributed by atoms with van der Waals surface area (Å²) in [6, 6.07) is 3.03. The quantitative estimate of drug-likeness (QED) is 0.297. The van der Waals surface area contributed by atoms with Gasteiger partial charge in [-0.05, 0) is 0 Å². The molecule has 1 amide bonds. The molecule has 0 saturated carbocycles. The van der Waals surface area contributed by atoms with Crippen LogP contribution in [0.3, 0.4) is 0 Å². The summed E-state index contributed by atoms with van der Waals surface area (Å²) >= 11 is -5.33. The Labute approximate surface area is 103 Å². The molecule has 0 aliphatic heterocycles. The molecule has 0 saturated heterocycles. The van der Waals surface area contributed by atoms with Crippen molar-refractivity contribution in [1.82, 2.24) is 0 Å². The van der Waals surface area contributed by atoms with E-state index in [1.165, 1.54) is 13.0 Å². The molecule has 9 nitrogen and oxygen atoms in total. The molecule has 0 aliphatic rings. The van der Waals surface area contributed by atoms with Gasteiger partial charge in [0.1, 0.15) is 0 Å². The minimum absolute atomic E-state index is 0.0892. The maximum absolute atomic E-state index is 11.4. The zero-order chi connectivity index (χ0) is 13.9. The van der Waals surface area contributed by atoms with Gasteiger partial charge in [-0.2, -0.15) is 0 Å². The van der Waals surface area contributed by atoms with Crippen LogP contribution in [-0.2, 0) is 12.4 Å². The third-order valence-corrected chi connectivity index (χ3v) is 4.44. The Morgan fingerprint density at radius 3 is 2.61 bits per heavy atom. The fraction of sp³-hybridized carbons (Fsp3) is 0.125. The first-order valence-corrected chi connectivity index (χ1v) is 7.81. The Bertz CT molecular complexity index is 544. The Morgan fingerprint density at radius 1 is 1.56 bits per heavy atom. The minimum atomic E-state index is -5.33. The third-order valence-electron chi connectivity index (χ3n) is 1.91. The number of anilines is 1. The molecule has 3 N–H and O–H groups in total. The predicted octanol–water partition coefficient (Wildman–Crippen LogP) is -0.388. The molecule has 0 radical (unpaired) electrons. The summed E-state index contributed by atoms with van der Waals surface area (Å²) in [6.45, 7) is 1.21. The van der Waals surface area contributed by atoms with Crippen molar-refractivity contribution >= 4 is 35.8 Å². The van der Waals surface area contributed by atoms with Crippen molar-refractivity contribution < 1.29 is 26.7 Å². The third kappa shape index (κ3) is 3.17. The van der Waals surface area contributed by atoms with Crippen LogP contribution in [0, 0.1) is 10.1 Å². The second kappa shape index (κ2) is 5.32. The van der Waals surface area contributed by atoms with Crippen LogP contribution in [0.25, 0.3) is 0 Å². The summed E-state index contributed by atoms with van der Waals surface area (Å²) in [5.41, 5.74) is -0.633. The molecule has 98 valence electrons.